The van der Waals surface area contributed by atoms with E-state index in [4.69, 9.17) is 0 Å². The van der Waals surface area contributed by atoms with Gasteiger partial charge in [0, 0.05) is 18.8 Å². The molecule has 0 spiro atoms. The number of benzene rings is 2. The Morgan fingerprint density at radius 2 is 1.65 bits per heavy atom. The van der Waals surface area contributed by atoms with Crippen LogP contribution in [0.3, 0.4) is 0 Å². The Kier molecular flexibility index (Phi) is 5.37. The standard InChI is InChI=1S/C21H26N2O2S/c1-16-15-17(2)21(23-12-7-8-13-23)18(3)20(16)22-26(24,25)14-11-19-9-5-4-6-10-19/h4-6,9-11,14-15,22H,7-8,12-13H2,1-3H3/b14-11+. The maximum Gasteiger partial charge on any atom is 0.255 e. The van der Waals surface area contributed by atoms with Crippen molar-refractivity contribution in [1.82, 2.24) is 0 Å². The minimum absolute atomic E-state index is 0.690. The second kappa shape index (κ2) is 7.54. The van der Waals surface area contributed by atoms with Crippen LogP contribution in [-0.2, 0) is 10.0 Å². The van der Waals surface area contributed by atoms with Crippen molar-refractivity contribution >= 4 is 27.5 Å². The lowest BCUT2D eigenvalue weighted by Gasteiger charge is -2.25. The fraction of sp³-hybridized carbons (Fsp3) is 0.333. The Hall–Kier alpha value is -2.27. The molecule has 5 heteroatoms. The molecule has 3 rings (SSSR count). The van der Waals surface area contributed by atoms with E-state index in [1.807, 2.05) is 44.2 Å². The molecular weight excluding hydrogens is 344 g/mol. The summed E-state index contributed by atoms with van der Waals surface area (Å²) in [5.74, 6) is 0. The first-order valence-electron chi connectivity index (χ1n) is 8.99. The molecule has 1 heterocycles. The van der Waals surface area contributed by atoms with Crippen LogP contribution in [0.1, 0.15) is 35.1 Å². The maximum absolute atomic E-state index is 12.6. The summed E-state index contributed by atoms with van der Waals surface area (Å²) in [5.41, 5.74) is 5.85. The molecule has 0 aliphatic carbocycles. The van der Waals surface area contributed by atoms with Crippen LogP contribution in [0.4, 0.5) is 11.4 Å². The van der Waals surface area contributed by atoms with Gasteiger partial charge in [0.05, 0.1) is 11.1 Å². The van der Waals surface area contributed by atoms with Crippen LogP contribution >= 0.6 is 0 Å². The predicted molar refractivity (Wildman–Crippen MR) is 110 cm³/mol. The van der Waals surface area contributed by atoms with Crippen molar-refractivity contribution in [3.8, 4) is 0 Å². The molecule has 1 fully saturated rings. The Balaban J connectivity index is 1.91. The first kappa shape index (κ1) is 18.5. The lowest BCUT2D eigenvalue weighted by Crippen LogP contribution is -2.21. The molecule has 0 amide bonds. The lowest BCUT2D eigenvalue weighted by atomic mass is 10.0. The minimum atomic E-state index is -3.58. The molecule has 0 aromatic heterocycles. The second-order valence-corrected chi connectivity index (χ2v) is 8.48. The molecule has 0 atom stereocenters. The zero-order chi connectivity index (χ0) is 18.7. The van der Waals surface area contributed by atoms with Crippen molar-refractivity contribution < 1.29 is 8.42 Å². The van der Waals surface area contributed by atoms with Crippen molar-refractivity contribution in [3.63, 3.8) is 0 Å². The van der Waals surface area contributed by atoms with Gasteiger partial charge in [-0.05, 0) is 61.9 Å². The number of hydrogen-bond acceptors (Lipinski definition) is 3. The summed E-state index contributed by atoms with van der Waals surface area (Å²) in [7, 11) is -3.58. The summed E-state index contributed by atoms with van der Waals surface area (Å²) >= 11 is 0. The number of rotatable bonds is 5. The van der Waals surface area contributed by atoms with Crippen molar-refractivity contribution in [1.29, 1.82) is 0 Å². The van der Waals surface area contributed by atoms with Crippen molar-refractivity contribution in [2.75, 3.05) is 22.7 Å². The first-order valence-corrected chi connectivity index (χ1v) is 10.5. The van der Waals surface area contributed by atoms with Gasteiger partial charge >= 0.3 is 0 Å². The summed E-state index contributed by atoms with van der Waals surface area (Å²) in [6.45, 7) is 8.12. The van der Waals surface area contributed by atoms with E-state index in [0.29, 0.717) is 5.69 Å². The van der Waals surface area contributed by atoms with Gasteiger partial charge in [0.1, 0.15) is 0 Å². The van der Waals surface area contributed by atoms with Gasteiger partial charge in [-0.3, -0.25) is 4.72 Å². The summed E-state index contributed by atoms with van der Waals surface area (Å²) in [6, 6.07) is 11.5. The van der Waals surface area contributed by atoms with Crippen LogP contribution < -0.4 is 9.62 Å². The molecule has 0 unspecified atom stereocenters. The molecule has 138 valence electrons. The van der Waals surface area contributed by atoms with E-state index in [1.165, 1.54) is 23.8 Å². The third-order valence-electron chi connectivity index (χ3n) is 4.84. The zero-order valence-corrected chi connectivity index (χ0v) is 16.4. The van der Waals surface area contributed by atoms with Crippen molar-refractivity contribution in [2.45, 2.75) is 33.6 Å². The average Bonchev–Trinajstić information content (AvgIpc) is 3.12. The van der Waals surface area contributed by atoms with E-state index < -0.39 is 10.0 Å². The highest BCUT2D eigenvalue weighted by Crippen LogP contribution is 2.35. The third-order valence-corrected chi connectivity index (χ3v) is 5.82. The molecule has 1 saturated heterocycles. The van der Waals surface area contributed by atoms with Crippen LogP contribution in [0, 0.1) is 20.8 Å². The largest absolute Gasteiger partial charge is 0.371 e. The molecular formula is C21H26N2O2S. The van der Waals surface area contributed by atoms with Crippen molar-refractivity contribution in [2.24, 2.45) is 0 Å². The van der Waals surface area contributed by atoms with Gasteiger partial charge in [-0.1, -0.05) is 36.4 Å². The summed E-state index contributed by atoms with van der Waals surface area (Å²) in [4.78, 5) is 2.36. The molecule has 0 saturated carbocycles. The van der Waals surface area contributed by atoms with E-state index in [9.17, 15) is 8.42 Å². The molecule has 0 bridgehead atoms. The fourth-order valence-corrected chi connectivity index (χ4v) is 4.67. The van der Waals surface area contributed by atoms with Crippen LogP contribution in [0.2, 0.25) is 0 Å². The molecule has 1 aliphatic rings. The number of aryl methyl sites for hydroxylation is 2. The monoisotopic (exact) mass is 370 g/mol. The highest BCUT2D eigenvalue weighted by atomic mass is 32.2. The highest BCUT2D eigenvalue weighted by molar-refractivity contribution is 7.95. The fourth-order valence-electron chi connectivity index (χ4n) is 3.67. The number of sulfonamides is 1. The number of nitrogens with zero attached hydrogens (tertiary/aromatic N) is 1. The number of nitrogens with one attached hydrogen (secondary N) is 1. The van der Waals surface area contributed by atoms with Crippen molar-refractivity contribution in [3.05, 3.63) is 64.1 Å². The van der Waals surface area contributed by atoms with Gasteiger partial charge in [-0.15, -0.1) is 0 Å². The minimum Gasteiger partial charge on any atom is -0.371 e. The first-order chi connectivity index (χ1) is 12.4. The van der Waals surface area contributed by atoms with Crippen LogP contribution in [0.5, 0.6) is 0 Å². The van der Waals surface area contributed by atoms with E-state index in [0.717, 1.165) is 35.5 Å². The van der Waals surface area contributed by atoms with E-state index in [2.05, 4.69) is 22.6 Å². The number of hydrogen-bond donors (Lipinski definition) is 1. The second-order valence-electron chi connectivity index (χ2n) is 6.91. The molecule has 4 nitrogen and oxygen atoms in total. The Morgan fingerprint density at radius 1 is 1.00 bits per heavy atom. The predicted octanol–water partition coefficient (Wildman–Crippen LogP) is 4.62. The van der Waals surface area contributed by atoms with Gasteiger partial charge in [-0.2, -0.15) is 0 Å². The lowest BCUT2D eigenvalue weighted by molar-refractivity contribution is 0.609. The van der Waals surface area contributed by atoms with Gasteiger partial charge in [0.25, 0.3) is 10.0 Å². The Morgan fingerprint density at radius 3 is 2.31 bits per heavy atom. The SMILES string of the molecule is Cc1cc(C)c(N2CCCC2)c(C)c1NS(=O)(=O)/C=C/c1ccccc1. The summed E-state index contributed by atoms with van der Waals surface area (Å²) in [6.07, 6.45) is 3.99. The van der Waals surface area contributed by atoms with Gasteiger partial charge < -0.3 is 4.90 Å². The summed E-state index contributed by atoms with van der Waals surface area (Å²) < 4.78 is 27.9. The molecule has 0 radical (unpaired) electrons. The topological polar surface area (TPSA) is 49.4 Å². The van der Waals surface area contributed by atoms with Gasteiger partial charge in [0.2, 0.25) is 0 Å². The third kappa shape index (κ3) is 4.10. The van der Waals surface area contributed by atoms with Gasteiger partial charge in [-0.25, -0.2) is 8.42 Å². The van der Waals surface area contributed by atoms with E-state index in [1.54, 1.807) is 6.08 Å². The Labute approximate surface area is 156 Å². The quantitative estimate of drug-likeness (QED) is 0.835. The Bertz CT molecular complexity index is 913. The number of anilines is 2. The highest BCUT2D eigenvalue weighted by Gasteiger charge is 2.21. The van der Waals surface area contributed by atoms with E-state index >= 15 is 0 Å². The van der Waals surface area contributed by atoms with Crippen LogP contribution in [0.25, 0.3) is 6.08 Å². The molecule has 2 aromatic carbocycles. The smallest absolute Gasteiger partial charge is 0.255 e. The molecule has 1 N–H and O–H groups in total. The van der Waals surface area contributed by atoms with Crippen LogP contribution in [-0.4, -0.2) is 21.5 Å². The molecule has 2 aromatic rings. The maximum atomic E-state index is 12.6. The normalized spacial score (nSPS) is 15.0. The average molecular weight is 371 g/mol. The molecule has 1 aliphatic heterocycles. The zero-order valence-electron chi connectivity index (χ0n) is 15.6. The van der Waals surface area contributed by atoms with Gasteiger partial charge in [0.15, 0.2) is 0 Å². The van der Waals surface area contributed by atoms with E-state index in [-0.39, 0.29) is 0 Å². The summed E-state index contributed by atoms with van der Waals surface area (Å²) in [5, 5.41) is 1.23. The molecule has 26 heavy (non-hydrogen) atoms. The van der Waals surface area contributed by atoms with Crippen LogP contribution in [0.15, 0.2) is 41.8 Å².